The summed E-state index contributed by atoms with van der Waals surface area (Å²) in [5.41, 5.74) is 6.94. The summed E-state index contributed by atoms with van der Waals surface area (Å²) in [6, 6.07) is 22.0. The Balaban J connectivity index is 0.000000706. The molecule has 0 heterocycles. The van der Waals surface area contributed by atoms with Gasteiger partial charge in [-0.3, -0.25) is 0 Å². The van der Waals surface area contributed by atoms with Gasteiger partial charge in [0.2, 0.25) is 0 Å². The molecule has 1 aliphatic carbocycles. The van der Waals surface area contributed by atoms with Gasteiger partial charge in [-0.25, -0.2) is 0 Å². The number of halogens is 2. The standard InChI is InChI=1S/C25H25.2ClH.Zr/c1-2-3-4-5-10-19-17-21-13-9-16-24(25(21)18-19)23-15-8-12-20-11-6-7-14-22(20)23;;;/h6-9,11-18H,2-5,10H2,1H3;2*1H;/q;;;+2/p-2. The molecule has 0 amide bonds. The van der Waals surface area contributed by atoms with Crippen LogP contribution in [0, 0.1) is 6.42 Å². The molecule has 4 rings (SSSR count). The zero-order valence-electron chi connectivity index (χ0n) is 16.2. The van der Waals surface area contributed by atoms with Crippen molar-refractivity contribution in [3.63, 3.8) is 0 Å². The zero-order valence-corrected chi connectivity index (χ0v) is 20.2. The van der Waals surface area contributed by atoms with Gasteiger partial charge in [-0.15, -0.1) is 0 Å². The number of rotatable bonds is 6. The van der Waals surface area contributed by atoms with Gasteiger partial charge in [-0.2, -0.15) is 0 Å². The quantitative estimate of drug-likeness (QED) is 0.305. The topological polar surface area (TPSA) is 0 Å². The summed E-state index contributed by atoms with van der Waals surface area (Å²) in [6.07, 6.45) is 11.3. The molecule has 3 aromatic rings. The van der Waals surface area contributed by atoms with Gasteiger partial charge in [-0.05, 0) is 45.9 Å². The molecule has 0 N–H and O–H groups in total. The van der Waals surface area contributed by atoms with Crippen LogP contribution in [0.4, 0.5) is 0 Å². The first-order chi connectivity index (χ1) is 13.8. The molecule has 1 aliphatic rings. The van der Waals surface area contributed by atoms with Crippen molar-refractivity contribution in [2.45, 2.75) is 39.0 Å². The second-order valence-corrected chi connectivity index (χ2v) is 10.8. The Morgan fingerprint density at radius 3 is 2.32 bits per heavy atom. The average Bonchev–Trinajstić information content (AvgIpc) is 3.14. The first kappa shape index (κ1) is 21.8. The normalized spacial score (nSPS) is 12.2. The van der Waals surface area contributed by atoms with Crippen molar-refractivity contribution < 1.29 is 20.8 Å². The molecule has 0 atom stereocenters. The van der Waals surface area contributed by atoms with Gasteiger partial charge in [0.25, 0.3) is 0 Å². The Bertz CT molecular complexity index is 941. The predicted octanol–water partition coefficient (Wildman–Crippen LogP) is 8.80. The number of benzene rings is 3. The molecule has 0 saturated heterocycles. The first-order valence-electron chi connectivity index (χ1n) is 9.91. The summed E-state index contributed by atoms with van der Waals surface area (Å²) in [5.74, 6) is 0. The Hall–Kier alpha value is -0.877. The molecule has 0 aliphatic heterocycles. The van der Waals surface area contributed by atoms with Crippen LogP contribution in [-0.4, -0.2) is 0 Å². The molecule has 0 unspecified atom stereocenters. The van der Waals surface area contributed by atoms with Gasteiger partial charge >= 0.3 is 37.9 Å². The van der Waals surface area contributed by atoms with Crippen molar-refractivity contribution in [2.24, 2.45) is 0 Å². The van der Waals surface area contributed by atoms with Crippen LogP contribution in [0.3, 0.4) is 0 Å². The van der Waals surface area contributed by atoms with Crippen LogP contribution in [0.5, 0.6) is 0 Å². The third-order valence-corrected chi connectivity index (χ3v) is 5.21. The second kappa shape index (κ2) is 11.3. The molecular formula is C25H25Cl2Zr. The van der Waals surface area contributed by atoms with E-state index >= 15 is 0 Å². The SMILES string of the molecule is CCCCCCC1=Cc2c(cccc2-c2cccc3ccccc23)[CH]1.[Cl][Zr][Cl]. The van der Waals surface area contributed by atoms with Crippen LogP contribution in [0.15, 0.2) is 66.2 Å². The summed E-state index contributed by atoms with van der Waals surface area (Å²) in [4.78, 5) is 0. The van der Waals surface area contributed by atoms with Crippen LogP contribution in [-0.2, 0) is 20.8 Å². The summed E-state index contributed by atoms with van der Waals surface area (Å²) in [6.45, 7) is 2.27. The van der Waals surface area contributed by atoms with Crippen molar-refractivity contribution in [3.8, 4) is 11.1 Å². The fourth-order valence-electron chi connectivity index (χ4n) is 3.89. The molecular weight excluding hydrogens is 462 g/mol. The van der Waals surface area contributed by atoms with E-state index in [0.29, 0.717) is 0 Å². The van der Waals surface area contributed by atoms with E-state index < -0.39 is 20.8 Å². The van der Waals surface area contributed by atoms with Crippen molar-refractivity contribution in [1.29, 1.82) is 0 Å². The Kier molecular flexibility index (Phi) is 8.84. The summed E-state index contributed by atoms with van der Waals surface area (Å²) in [7, 11) is 9.87. The predicted molar refractivity (Wildman–Crippen MR) is 121 cm³/mol. The van der Waals surface area contributed by atoms with Crippen LogP contribution in [0.25, 0.3) is 28.0 Å². The molecule has 3 aromatic carbocycles. The third kappa shape index (κ3) is 5.38. The minimum absolute atomic E-state index is 0.826. The Morgan fingerprint density at radius 2 is 1.50 bits per heavy atom. The van der Waals surface area contributed by atoms with E-state index in [1.54, 1.807) is 0 Å². The van der Waals surface area contributed by atoms with Gasteiger partial charge in [0.05, 0.1) is 0 Å². The average molecular weight is 488 g/mol. The van der Waals surface area contributed by atoms with Crippen LogP contribution in [0.2, 0.25) is 0 Å². The van der Waals surface area contributed by atoms with E-state index in [0.717, 1.165) is 0 Å². The van der Waals surface area contributed by atoms with E-state index in [4.69, 9.17) is 17.0 Å². The van der Waals surface area contributed by atoms with Gasteiger partial charge < -0.3 is 0 Å². The fourth-order valence-corrected chi connectivity index (χ4v) is 3.89. The van der Waals surface area contributed by atoms with Crippen molar-refractivity contribution in [1.82, 2.24) is 0 Å². The van der Waals surface area contributed by atoms with E-state index in [1.807, 2.05) is 0 Å². The first-order valence-corrected chi connectivity index (χ1v) is 16.2. The molecule has 1 radical (unpaired) electrons. The van der Waals surface area contributed by atoms with E-state index in [1.165, 1.54) is 70.7 Å². The van der Waals surface area contributed by atoms with Gasteiger partial charge in [-0.1, -0.05) is 98.5 Å². The molecule has 0 bridgehead atoms. The monoisotopic (exact) mass is 485 g/mol. The molecule has 0 spiro atoms. The minimum atomic E-state index is -0.826. The van der Waals surface area contributed by atoms with Crippen molar-refractivity contribution >= 4 is 33.9 Å². The molecule has 3 heteroatoms. The van der Waals surface area contributed by atoms with Crippen molar-refractivity contribution in [2.75, 3.05) is 0 Å². The molecule has 0 fully saturated rings. The molecule has 0 aromatic heterocycles. The number of hydrogen-bond donors (Lipinski definition) is 0. The number of unbranched alkanes of at least 4 members (excludes halogenated alkanes) is 3. The van der Waals surface area contributed by atoms with E-state index in [2.05, 4.69) is 80.1 Å². The number of allylic oxidation sites excluding steroid dienone is 1. The molecule has 28 heavy (non-hydrogen) atoms. The van der Waals surface area contributed by atoms with E-state index in [9.17, 15) is 0 Å². The fraction of sp³-hybridized carbons (Fsp3) is 0.240. The number of fused-ring (bicyclic) bond motifs is 2. The maximum atomic E-state index is 4.93. The maximum absolute atomic E-state index is 4.93. The van der Waals surface area contributed by atoms with Crippen LogP contribution in [0.1, 0.15) is 50.2 Å². The van der Waals surface area contributed by atoms with Crippen molar-refractivity contribution in [3.05, 3.63) is 83.8 Å². The third-order valence-electron chi connectivity index (χ3n) is 5.21. The van der Waals surface area contributed by atoms with Gasteiger partial charge in [0.1, 0.15) is 0 Å². The van der Waals surface area contributed by atoms with Crippen LogP contribution < -0.4 is 0 Å². The summed E-state index contributed by atoms with van der Waals surface area (Å²) < 4.78 is 0. The summed E-state index contributed by atoms with van der Waals surface area (Å²) in [5, 5.41) is 2.64. The van der Waals surface area contributed by atoms with Gasteiger partial charge in [0, 0.05) is 6.42 Å². The molecule has 0 nitrogen and oxygen atoms in total. The second-order valence-electron chi connectivity index (χ2n) is 7.08. The Morgan fingerprint density at radius 1 is 0.786 bits per heavy atom. The molecule has 0 saturated carbocycles. The van der Waals surface area contributed by atoms with E-state index in [-0.39, 0.29) is 0 Å². The molecule has 143 valence electrons. The van der Waals surface area contributed by atoms with Crippen LogP contribution >= 0.6 is 17.0 Å². The number of hydrogen-bond acceptors (Lipinski definition) is 0. The summed E-state index contributed by atoms with van der Waals surface area (Å²) >= 11 is -0.826. The van der Waals surface area contributed by atoms with Gasteiger partial charge in [0.15, 0.2) is 0 Å². The zero-order chi connectivity index (χ0) is 19.8. The Labute approximate surface area is 187 Å².